The molecule has 0 unspecified atom stereocenters. The highest BCUT2D eigenvalue weighted by Gasteiger charge is 2.12. The van der Waals surface area contributed by atoms with Crippen LogP contribution in [0.25, 0.3) is 31.5 Å². The van der Waals surface area contributed by atoms with Crippen molar-refractivity contribution in [2.75, 3.05) is 7.05 Å². The Morgan fingerprint density at radius 3 is 2.62 bits per heavy atom. The van der Waals surface area contributed by atoms with Gasteiger partial charge in [-0.05, 0) is 30.3 Å². The van der Waals surface area contributed by atoms with Crippen molar-refractivity contribution in [3.63, 3.8) is 0 Å². The van der Waals surface area contributed by atoms with Crippen LogP contribution in [0.5, 0.6) is 0 Å². The summed E-state index contributed by atoms with van der Waals surface area (Å²) in [6.07, 6.45) is 0. The molecular formula is C16H11N3OS. The molecule has 0 radical (unpaired) electrons. The van der Waals surface area contributed by atoms with Crippen molar-refractivity contribution in [3.05, 3.63) is 48.0 Å². The van der Waals surface area contributed by atoms with E-state index in [4.69, 9.17) is 4.98 Å². The molecule has 2 heterocycles. The smallest absolute Gasteiger partial charge is 0.251 e. The summed E-state index contributed by atoms with van der Waals surface area (Å²) in [5.74, 6) is -0.0926. The molecule has 0 saturated heterocycles. The van der Waals surface area contributed by atoms with Crippen LogP contribution in [0.2, 0.25) is 0 Å². The number of thiophene rings is 1. The molecule has 0 aliphatic heterocycles. The summed E-state index contributed by atoms with van der Waals surface area (Å²) in [6, 6.07) is 13.5. The van der Waals surface area contributed by atoms with Gasteiger partial charge in [-0.1, -0.05) is 12.1 Å². The van der Waals surface area contributed by atoms with Gasteiger partial charge in [0.05, 0.1) is 11.0 Å². The topological polar surface area (TPSA) is 54.9 Å². The van der Waals surface area contributed by atoms with E-state index in [1.54, 1.807) is 18.4 Å². The Kier molecular flexibility index (Phi) is 2.62. The van der Waals surface area contributed by atoms with E-state index in [2.05, 4.69) is 10.3 Å². The van der Waals surface area contributed by atoms with Gasteiger partial charge >= 0.3 is 0 Å². The van der Waals surface area contributed by atoms with Crippen LogP contribution < -0.4 is 5.32 Å². The minimum absolute atomic E-state index is 0.0926. The van der Waals surface area contributed by atoms with Gasteiger partial charge in [-0.2, -0.15) is 0 Å². The fourth-order valence-electron chi connectivity index (χ4n) is 2.42. The third-order valence-electron chi connectivity index (χ3n) is 3.47. The third kappa shape index (κ3) is 1.86. The second-order valence-corrected chi connectivity index (χ2v) is 5.79. The minimum Gasteiger partial charge on any atom is -0.355 e. The summed E-state index contributed by atoms with van der Waals surface area (Å²) < 4.78 is 1.09. The third-order valence-corrected chi connectivity index (χ3v) is 4.52. The summed E-state index contributed by atoms with van der Waals surface area (Å²) in [6.45, 7) is 0. The Morgan fingerprint density at radius 1 is 1.10 bits per heavy atom. The van der Waals surface area contributed by atoms with Crippen LogP contribution in [0.1, 0.15) is 10.4 Å². The lowest BCUT2D eigenvalue weighted by Crippen LogP contribution is -2.17. The predicted molar refractivity (Wildman–Crippen MR) is 85.8 cm³/mol. The number of fused-ring (bicyclic) bond motifs is 4. The van der Waals surface area contributed by atoms with Crippen LogP contribution in [0.3, 0.4) is 0 Å². The van der Waals surface area contributed by atoms with E-state index >= 15 is 0 Å². The Hall–Kier alpha value is -2.53. The average Bonchev–Trinajstić information content (AvgIpc) is 2.88. The van der Waals surface area contributed by atoms with Gasteiger partial charge in [0.2, 0.25) is 0 Å². The second-order valence-electron chi connectivity index (χ2n) is 4.76. The Labute approximate surface area is 124 Å². The molecule has 0 saturated carbocycles. The summed E-state index contributed by atoms with van der Waals surface area (Å²) in [7, 11) is 1.63. The van der Waals surface area contributed by atoms with Crippen LogP contribution in [0, 0.1) is 0 Å². The molecule has 0 spiro atoms. The summed E-state index contributed by atoms with van der Waals surface area (Å²) in [5.41, 5.74) is 3.26. The number of nitrogens with one attached hydrogen (secondary N) is 1. The number of carbonyl (C=O) groups excluding carboxylic acids is 1. The molecule has 102 valence electrons. The van der Waals surface area contributed by atoms with Crippen molar-refractivity contribution in [1.29, 1.82) is 0 Å². The number of para-hydroxylation sites is 2. The Balaban J connectivity index is 2.08. The zero-order valence-electron chi connectivity index (χ0n) is 11.3. The van der Waals surface area contributed by atoms with Crippen molar-refractivity contribution >= 4 is 48.7 Å². The van der Waals surface area contributed by atoms with Crippen molar-refractivity contribution in [2.24, 2.45) is 0 Å². The predicted octanol–water partition coefficient (Wildman–Crippen LogP) is 3.36. The Morgan fingerprint density at radius 2 is 1.86 bits per heavy atom. The summed E-state index contributed by atoms with van der Waals surface area (Å²) in [5, 5.41) is 3.63. The average molecular weight is 293 g/mol. The van der Waals surface area contributed by atoms with Crippen LogP contribution >= 0.6 is 11.3 Å². The van der Waals surface area contributed by atoms with E-state index in [1.165, 1.54) is 0 Å². The molecule has 0 bridgehead atoms. The molecular weight excluding hydrogens is 282 g/mol. The van der Waals surface area contributed by atoms with Crippen molar-refractivity contribution < 1.29 is 4.79 Å². The molecule has 4 rings (SSSR count). The standard InChI is InChI=1S/C16H11N3OS/c1-17-15(20)9-6-7-13-10(8-9)14-16(21-13)19-12-5-3-2-4-11(12)18-14/h2-8H,1H3,(H,17,20). The maximum atomic E-state index is 11.8. The maximum absolute atomic E-state index is 11.8. The van der Waals surface area contributed by atoms with Crippen LogP contribution in [0.15, 0.2) is 42.5 Å². The zero-order chi connectivity index (χ0) is 14.4. The van der Waals surface area contributed by atoms with Crippen molar-refractivity contribution in [2.45, 2.75) is 0 Å². The van der Waals surface area contributed by atoms with Crippen LogP contribution in [-0.4, -0.2) is 22.9 Å². The molecule has 0 aliphatic carbocycles. The fourth-order valence-corrected chi connectivity index (χ4v) is 3.43. The van der Waals surface area contributed by atoms with Crippen molar-refractivity contribution in [1.82, 2.24) is 15.3 Å². The fraction of sp³-hybridized carbons (Fsp3) is 0.0625. The minimum atomic E-state index is -0.0926. The summed E-state index contributed by atoms with van der Waals surface area (Å²) in [4.78, 5) is 22.1. The highest BCUT2D eigenvalue weighted by atomic mass is 32.1. The quantitative estimate of drug-likeness (QED) is 0.585. The van der Waals surface area contributed by atoms with Crippen LogP contribution in [0.4, 0.5) is 0 Å². The molecule has 4 nitrogen and oxygen atoms in total. The normalized spacial score (nSPS) is 11.3. The van der Waals surface area contributed by atoms with Crippen molar-refractivity contribution in [3.8, 4) is 0 Å². The molecule has 0 aliphatic rings. The number of nitrogens with zero attached hydrogens (tertiary/aromatic N) is 2. The molecule has 21 heavy (non-hydrogen) atoms. The maximum Gasteiger partial charge on any atom is 0.251 e. The van der Waals surface area contributed by atoms with Gasteiger partial charge in [-0.25, -0.2) is 9.97 Å². The zero-order valence-corrected chi connectivity index (χ0v) is 12.1. The van der Waals surface area contributed by atoms with Gasteiger partial charge in [-0.3, -0.25) is 4.79 Å². The number of rotatable bonds is 1. The van der Waals surface area contributed by atoms with Gasteiger partial charge in [0.1, 0.15) is 10.3 Å². The summed E-state index contributed by atoms with van der Waals surface area (Å²) >= 11 is 1.60. The van der Waals surface area contributed by atoms with Gasteiger partial charge < -0.3 is 5.32 Å². The first-order valence-electron chi connectivity index (χ1n) is 6.57. The lowest BCUT2D eigenvalue weighted by atomic mass is 10.1. The van der Waals surface area contributed by atoms with E-state index < -0.39 is 0 Å². The van der Waals surface area contributed by atoms with E-state index in [9.17, 15) is 4.79 Å². The highest BCUT2D eigenvalue weighted by Crippen LogP contribution is 2.33. The largest absolute Gasteiger partial charge is 0.355 e. The van der Waals surface area contributed by atoms with Gasteiger partial charge in [0.15, 0.2) is 0 Å². The monoisotopic (exact) mass is 293 g/mol. The first kappa shape index (κ1) is 12.2. The molecule has 1 N–H and O–H groups in total. The number of benzene rings is 2. The van der Waals surface area contributed by atoms with E-state index in [-0.39, 0.29) is 5.91 Å². The van der Waals surface area contributed by atoms with E-state index in [0.717, 1.165) is 31.5 Å². The van der Waals surface area contributed by atoms with E-state index in [0.29, 0.717) is 5.56 Å². The molecule has 0 atom stereocenters. The molecule has 5 heteroatoms. The first-order chi connectivity index (χ1) is 10.3. The molecule has 0 fully saturated rings. The van der Waals surface area contributed by atoms with E-state index in [1.807, 2.05) is 42.5 Å². The SMILES string of the molecule is CNC(=O)c1ccc2sc3nc4ccccc4nc3c2c1. The molecule has 2 aromatic carbocycles. The lowest BCUT2D eigenvalue weighted by Gasteiger charge is -2.00. The molecule has 2 aromatic heterocycles. The number of hydrogen-bond acceptors (Lipinski definition) is 4. The number of carbonyl (C=O) groups is 1. The lowest BCUT2D eigenvalue weighted by molar-refractivity contribution is 0.0963. The molecule has 4 aromatic rings. The Bertz CT molecular complexity index is 1010. The number of aromatic nitrogens is 2. The van der Waals surface area contributed by atoms with Gasteiger partial charge in [0, 0.05) is 22.7 Å². The highest BCUT2D eigenvalue weighted by molar-refractivity contribution is 7.25. The van der Waals surface area contributed by atoms with Crippen LogP contribution in [-0.2, 0) is 0 Å². The first-order valence-corrected chi connectivity index (χ1v) is 7.39. The number of hydrogen-bond donors (Lipinski definition) is 1. The molecule has 1 amide bonds. The van der Waals surface area contributed by atoms with Gasteiger partial charge in [0.25, 0.3) is 5.91 Å². The second kappa shape index (κ2) is 4.49. The van der Waals surface area contributed by atoms with Gasteiger partial charge in [-0.15, -0.1) is 11.3 Å². The number of amides is 1.